The molecule has 0 unspecified atom stereocenters. The summed E-state index contributed by atoms with van der Waals surface area (Å²) in [7, 11) is -3.57. The Morgan fingerprint density at radius 1 is 1.19 bits per heavy atom. The maximum atomic E-state index is 12.9. The molecule has 0 aliphatic carbocycles. The summed E-state index contributed by atoms with van der Waals surface area (Å²) in [6.45, 7) is 3.18. The number of nitrogens with zero attached hydrogens (tertiary/aromatic N) is 2. The van der Waals surface area contributed by atoms with Gasteiger partial charge in [0.15, 0.2) is 0 Å². The van der Waals surface area contributed by atoms with Crippen molar-refractivity contribution in [2.24, 2.45) is 0 Å². The lowest BCUT2D eigenvalue weighted by Gasteiger charge is -2.26. The molecule has 26 heavy (non-hydrogen) atoms. The summed E-state index contributed by atoms with van der Waals surface area (Å²) < 4.78 is 27.4. The Balaban J connectivity index is 1.79. The molecule has 0 saturated carbocycles. The molecule has 0 spiro atoms. The number of benzene rings is 1. The van der Waals surface area contributed by atoms with E-state index >= 15 is 0 Å². The molecule has 1 N–H and O–H groups in total. The molecule has 0 radical (unpaired) electrons. The van der Waals surface area contributed by atoms with Crippen LogP contribution in [0.1, 0.15) is 40.7 Å². The lowest BCUT2D eigenvalue weighted by atomic mass is 10.1. The Bertz CT molecular complexity index is 876. The van der Waals surface area contributed by atoms with Crippen molar-refractivity contribution < 1.29 is 13.2 Å². The molecule has 138 valence electrons. The molecular formula is C19H23N3O3S. The van der Waals surface area contributed by atoms with Gasteiger partial charge in [-0.1, -0.05) is 18.6 Å². The normalized spacial score (nSPS) is 15.6. The van der Waals surface area contributed by atoms with Gasteiger partial charge in [-0.25, -0.2) is 8.42 Å². The molecule has 0 atom stereocenters. The van der Waals surface area contributed by atoms with Gasteiger partial charge in [0.1, 0.15) is 0 Å². The number of rotatable bonds is 5. The summed E-state index contributed by atoms with van der Waals surface area (Å²) in [5, 5.41) is 2.81. The quantitative estimate of drug-likeness (QED) is 0.873. The topological polar surface area (TPSA) is 79.4 Å². The molecule has 0 bridgehead atoms. The van der Waals surface area contributed by atoms with Crippen molar-refractivity contribution in [1.82, 2.24) is 14.6 Å². The second kappa shape index (κ2) is 7.97. The monoisotopic (exact) mass is 373 g/mol. The van der Waals surface area contributed by atoms with Gasteiger partial charge in [0.2, 0.25) is 10.0 Å². The maximum Gasteiger partial charge on any atom is 0.251 e. The van der Waals surface area contributed by atoms with E-state index in [1.807, 2.05) is 6.07 Å². The molecule has 1 aromatic heterocycles. The van der Waals surface area contributed by atoms with Crippen LogP contribution in [0.4, 0.5) is 0 Å². The van der Waals surface area contributed by atoms with Crippen molar-refractivity contribution in [2.45, 2.75) is 37.6 Å². The van der Waals surface area contributed by atoms with Crippen LogP contribution in [0.3, 0.4) is 0 Å². The highest BCUT2D eigenvalue weighted by Crippen LogP contribution is 2.24. The second-order valence-corrected chi connectivity index (χ2v) is 8.40. The van der Waals surface area contributed by atoms with E-state index in [9.17, 15) is 13.2 Å². The van der Waals surface area contributed by atoms with Crippen LogP contribution in [0.5, 0.6) is 0 Å². The Labute approximate surface area is 154 Å². The van der Waals surface area contributed by atoms with Crippen molar-refractivity contribution >= 4 is 15.9 Å². The smallest absolute Gasteiger partial charge is 0.251 e. The minimum absolute atomic E-state index is 0.216. The number of pyridine rings is 1. The first-order valence-electron chi connectivity index (χ1n) is 8.76. The van der Waals surface area contributed by atoms with E-state index in [4.69, 9.17) is 0 Å². The fraction of sp³-hybridized carbons (Fsp3) is 0.368. The molecule has 1 amide bonds. The third-order valence-electron chi connectivity index (χ3n) is 4.56. The van der Waals surface area contributed by atoms with Gasteiger partial charge < -0.3 is 5.32 Å². The maximum absolute atomic E-state index is 12.9. The number of sulfonamides is 1. The van der Waals surface area contributed by atoms with Gasteiger partial charge >= 0.3 is 0 Å². The molecule has 7 heteroatoms. The second-order valence-electron chi connectivity index (χ2n) is 6.49. The Morgan fingerprint density at radius 2 is 1.96 bits per heavy atom. The number of hydrogen-bond donors (Lipinski definition) is 1. The minimum atomic E-state index is -3.57. The highest BCUT2D eigenvalue weighted by atomic mass is 32.2. The summed E-state index contributed by atoms with van der Waals surface area (Å²) in [5.41, 5.74) is 1.88. The number of hydrogen-bond acceptors (Lipinski definition) is 4. The van der Waals surface area contributed by atoms with Gasteiger partial charge in [0.25, 0.3) is 5.91 Å². The molecule has 3 rings (SSSR count). The van der Waals surface area contributed by atoms with E-state index in [0.29, 0.717) is 30.8 Å². The van der Waals surface area contributed by atoms with Gasteiger partial charge in [0.05, 0.1) is 4.90 Å². The molecule has 1 aliphatic heterocycles. The van der Waals surface area contributed by atoms with E-state index in [1.54, 1.807) is 37.5 Å². The van der Waals surface area contributed by atoms with Gasteiger partial charge in [-0.2, -0.15) is 4.31 Å². The first-order valence-corrected chi connectivity index (χ1v) is 10.2. The average Bonchev–Trinajstić information content (AvgIpc) is 2.68. The fourth-order valence-electron chi connectivity index (χ4n) is 3.05. The van der Waals surface area contributed by atoms with Crippen LogP contribution in [0.2, 0.25) is 0 Å². The predicted molar refractivity (Wildman–Crippen MR) is 99.2 cm³/mol. The number of carbonyl (C=O) groups is 1. The minimum Gasteiger partial charge on any atom is -0.348 e. The zero-order chi connectivity index (χ0) is 18.6. The van der Waals surface area contributed by atoms with Crippen molar-refractivity contribution in [3.63, 3.8) is 0 Å². The van der Waals surface area contributed by atoms with Crippen LogP contribution >= 0.6 is 0 Å². The molecular weight excluding hydrogens is 350 g/mol. The van der Waals surface area contributed by atoms with E-state index in [0.717, 1.165) is 24.8 Å². The first-order chi connectivity index (χ1) is 12.5. The van der Waals surface area contributed by atoms with Crippen LogP contribution in [-0.2, 0) is 16.6 Å². The summed E-state index contributed by atoms with van der Waals surface area (Å²) >= 11 is 0. The lowest BCUT2D eigenvalue weighted by molar-refractivity contribution is 0.0950. The molecule has 2 heterocycles. The van der Waals surface area contributed by atoms with Crippen LogP contribution < -0.4 is 5.32 Å². The highest BCUT2D eigenvalue weighted by Gasteiger charge is 2.28. The summed E-state index contributed by atoms with van der Waals surface area (Å²) in [4.78, 5) is 16.7. The predicted octanol–water partition coefficient (Wildman–Crippen LogP) is 2.49. The summed E-state index contributed by atoms with van der Waals surface area (Å²) in [6, 6.07) is 8.50. The standard InChI is InChI=1S/C19H23N3O3S/c1-15-7-8-17(19(23)21-14-16-6-5-9-20-13-16)12-18(15)26(24,25)22-10-3-2-4-11-22/h5-9,12-13H,2-4,10-11,14H2,1H3,(H,21,23). The SMILES string of the molecule is Cc1ccc(C(=O)NCc2cccnc2)cc1S(=O)(=O)N1CCCCC1. The molecule has 1 aliphatic rings. The first kappa shape index (κ1) is 18.5. The van der Waals surface area contributed by atoms with E-state index in [1.165, 1.54) is 10.4 Å². The third-order valence-corrected chi connectivity index (χ3v) is 6.60. The van der Waals surface area contributed by atoms with Gasteiger partial charge in [-0.15, -0.1) is 0 Å². The molecule has 1 saturated heterocycles. The molecule has 6 nitrogen and oxygen atoms in total. The lowest BCUT2D eigenvalue weighted by Crippen LogP contribution is -2.36. The van der Waals surface area contributed by atoms with Crippen LogP contribution in [0.25, 0.3) is 0 Å². The number of aryl methyl sites for hydroxylation is 1. The summed E-state index contributed by atoms with van der Waals surface area (Å²) in [5.74, 6) is -0.302. The average molecular weight is 373 g/mol. The van der Waals surface area contributed by atoms with Gasteiger partial charge in [-0.3, -0.25) is 9.78 Å². The Hall–Kier alpha value is -2.25. The van der Waals surface area contributed by atoms with E-state index in [-0.39, 0.29) is 10.8 Å². The number of amides is 1. The van der Waals surface area contributed by atoms with E-state index < -0.39 is 10.0 Å². The Morgan fingerprint density at radius 3 is 2.65 bits per heavy atom. The van der Waals surface area contributed by atoms with Crippen molar-refractivity contribution in [3.8, 4) is 0 Å². The van der Waals surface area contributed by atoms with Crippen molar-refractivity contribution in [2.75, 3.05) is 13.1 Å². The molecule has 1 aromatic carbocycles. The number of piperidine rings is 1. The number of aromatic nitrogens is 1. The highest BCUT2D eigenvalue weighted by molar-refractivity contribution is 7.89. The van der Waals surface area contributed by atoms with Crippen molar-refractivity contribution in [1.29, 1.82) is 0 Å². The third kappa shape index (κ3) is 4.11. The van der Waals surface area contributed by atoms with E-state index in [2.05, 4.69) is 10.3 Å². The van der Waals surface area contributed by atoms with Crippen LogP contribution in [0, 0.1) is 6.92 Å². The molecule has 1 fully saturated rings. The van der Waals surface area contributed by atoms with Crippen LogP contribution in [0.15, 0.2) is 47.6 Å². The number of nitrogens with one attached hydrogen (secondary N) is 1. The fourth-order valence-corrected chi connectivity index (χ4v) is 4.82. The molecule has 2 aromatic rings. The zero-order valence-electron chi connectivity index (χ0n) is 14.8. The zero-order valence-corrected chi connectivity index (χ0v) is 15.6. The summed E-state index contributed by atoms with van der Waals surface area (Å²) in [6.07, 6.45) is 6.17. The van der Waals surface area contributed by atoms with Gasteiger partial charge in [-0.05, 0) is 49.1 Å². The number of carbonyl (C=O) groups excluding carboxylic acids is 1. The Kier molecular flexibility index (Phi) is 5.68. The van der Waals surface area contributed by atoms with Crippen molar-refractivity contribution in [3.05, 3.63) is 59.4 Å². The van der Waals surface area contributed by atoms with Crippen LogP contribution in [-0.4, -0.2) is 36.7 Å². The van der Waals surface area contributed by atoms with Gasteiger partial charge in [0, 0.05) is 37.6 Å². The largest absolute Gasteiger partial charge is 0.348 e.